The summed E-state index contributed by atoms with van der Waals surface area (Å²) in [7, 11) is 0. The number of carboxylic acid groups (broad SMARTS) is 1. The van der Waals surface area contributed by atoms with Crippen LogP contribution in [0.3, 0.4) is 0 Å². The number of hydrogen-bond donors (Lipinski definition) is 3. The van der Waals surface area contributed by atoms with Crippen molar-refractivity contribution in [3.8, 4) is 0 Å². The summed E-state index contributed by atoms with van der Waals surface area (Å²) in [5, 5.41) is 16.9. The number of nitrogen functional groups attached to an aromatic ring is 1. The maximum atomic E-state index is 10.9. The van der Waals surface area contributed by atoms with Crippen LogP contribution >= 0.6 is 15.9 Å². The molecule has 4 N–H and O–H groups in total. The van der Waals surface area contributed by atoms with Gasteiger partial charge < -0.3 is 10.8 Å². The normalized spacial score (nSPS) is 14.8. The molecule has 2 rings (SSSR count). The van der Waals surface area contributed by atoms with Gasteiger partial charge in [-0.2, -0.15) is 5.41 Å². The van der Waals surface area contributed by atoms with Crippen molar-refractivity contribution in [1.29, 1.82) is 5.41 Å². The van der Waals surface area contributed by atoms with Gasteiger partial charge in [-0.1, -0.05) is 0 Å². The van der Waals surface area contributed by atoms with Gasteiger partial charge in [-0.05, 0) is 34.8 Å². The summed E-state index contributed by atoms with van der Waals surface area (Å²) in [6, 6.07) is 1.44. The first-order chi connectivity index (χ1) is 7.50. The van der Waals surface area contributed by atoms with Crippen molar-refractivity contribution in [2.75, 3.05) is 5.73 Å². The van der Waals surface area contributed by atoms with Crippen LogP contribution in [-0.4, -0.2) is 16.9 Å². The second-order valence-electron chi connectivity index (χ2n) is 3.79. The number of carbonyl (C=O) groups is 1. The Morgan fingerprint density at radius 2 is 2.25 bits per heavy atom. The topological polar surface area (TPSA) is 91.0 Å². The molecule has 0 radical (unpaired) electrons. The van der Waals surface area contributed by atoms with Gasteiger partial charge in [0, 0.05) is 5.92 Å². The summed E-state index contributed by atoms with van der Waals surface area (Å²) in [5.74, 6) is -0.409. The van der Waals surface area contributed by atoms with Gasteiger partial charge in [-0.15, -0.1) is 0 Å². The molecule has 1 aromatic rings. The van der Waals surface area contributed by atoms with E-state index in [1.807, 2.05) is 0 Å². The fourth-order valence-corrected chi connectivity index (χ4v) is 1.93. The number of nitrogens with zero attached hydrogens (tertiary/aromatic N) is 1. The van der Waals surface area contributed by atoms with Crippen molar-refractivity contribution in [2.45, 2.75) is 12.8 Å². The maximum absolute atomic E-state index is 10.9. The predicted octanol–water partition coefficient (Wildman–Crippen LogP) is 1.25. The first kappa shape index (κ1) is 11.1. The minimum atomic E-state index is -1.09. The van der Waals surface area contributed by atoms with Crippen molar-refractivity contribution in [1.82, 2.24) is 0 Å². The van der Waals surface area contributed by atoms with Crippen LogP contribution in [-0.2, 0) is 0 Å². The number of rotatable bonds is 2. The second kappa shape index (κ2) is 3.86. The standard InChI is InChI=1S/C10H10BrN3O2/c11-6-3-7(10(15)16)9(13)14(4-6)8(12)5-1-2-5/h3-5,12-13H,1-2H2,(H,15,16)/p+1. The van der Waals surface area contributed by atoms with Gasteiger partial charge in [0.1, 0.15) is 5.56 Å². The van der Waals surface area contributed by atoms with Crippen molar-refractivity contribution >= 4 is 33.6 Å². The second-order valence-corrected chi connectivity index (χ2v) is 4.71. The van der Waals surface area contributed by atoms with Gasteiger partial charge in [0.15, 0.2) is 0 Å². The van der Waals surface area contributed by atoms with Crippen LogP contribution in [0.25, 0.3) is 0 Å². The highest BCUT2D eigenvalue weighted by Gasteiger charge is 2.33. The van der Waals surface area contributed by atoms with Crippen molar-refractivity contribution in [3.63, 3.8) is 0 Å². The summed E-state index contributed by atoms with van der Waals surface area (Å²) >= 11 is 3.22. The smallest absolute Gasteiger partial charge is 0.342 e. The van der Waals surface area contributed by atoms with Crippen LogP contribution in [0.2, 0.25) is 0 Å². The highest BCUT2D eigenvalue weighted by Crippen LogP contribution is 2.29. The molecule has 16 heavy (non-hydrogen) atoms. The maximum Gasteiger partial charge on any atom is 0.342 e. The Hall–Kier alpha value is -1.43. The number of aromatic nitrogens is 1. The number of anilines is 1. The van der Waals surface area contributed by atoms with E-state index in [9.17, 15) is 4.79 Å². The summed E-state index contributed by atoms with van der Waals surface area (Å²) in [5.41, 5.74) is 5.75. The molecule has 0 unspecified atom stereocenters. The molecule has 0 bridgehead atoms. The fraction of sp³-hybridized carbons (Fsp3) is 0.300. The lowest BCUT2D eigenvalue weighted by Gasteiger charge is -2.07. The lowest BCUT2D eigenvalue weighted by atomic mass is 10.2. The summed E-state index contributed by atoms with van der Waals surface area (Å²) in [4.78, 5) is 10.9. The van der Waals surface area contributed by atoms with Crippen LogP contribution in [0, 0.1) is 11.3 Å². The largest absolute Gasteiger partial charge is 0.477 e. The van der Waals surface area contributed by atoms with E-state index >= 15 is 0 Å². The number of carboxylic acids is 1. The van der Waals surface area contributed by atoms with Crippen molar-refractivity contribution in [2.24, 2.45) is 5.92 Å². The molecule has 6 heteroatoms. The van der Waals surface area contributed by atoms with Crippen LogP contribution in [0.1, 0.15) is 23.2 Å². The molecule has 1 heterocycles. The average molecular weight is 285 g/mol. The summed E-state index contributed by atoms with van der Waals surface area (Å²) in [6.07, 6.45) is 3.57. The van der Waals surface area contributed by atoms with Gasteiger partial charge in [0.05, 0.1) is 10.7 Å². The Labute approximate surface area is 101 Å². The molecule has 84 valence electrons. The minimum absolute atomic E-state index is 0.0137. The van der Waals surface area contributed by atoms with Crippen molar-refractivity contribution in [3.05, 3.63) is 22.3 Å². The SMILES string of the molecule is N=C(C1CC1)[n+]1cc(Br)cc(C(=O)O)c1N. The van der Waals surface area contributed by atoms with Gasteiger partial charge >= 0.3 is 5.97 Å². The molecule has 0 aromatic carbocycles. The number of aromatic carboxylic acids is 1. The van der Waals surface area contributed by atoms with E-state index in [1.165, 1.54) is 10.6 Å². The third-order valence-corrected chi connectivity index (χ3v) is 2.96. The lowest BCUT2D eigenvalue weighted by molar-refractivity contribution is -0.544. The third kappa shape index (κ3) is 1.92. The molecule has 1 aromatic heterocycles. The molecule has 0 saturated heterocycles. The van der Waals surface area contributed by atoms with Crippen LogP contribution in [0.15, 0.2) is 16.7 Å². The van der Waals surface area contributed by atoms with Crippen LogP contribution in [0.5, 0.6) is 0 Å². The summed E-state index contributed by atoms with van der Waals surface area (Å²) in [6.45, 7) is 0. The highest BCUT2D eigenvalue weighted by atomic mass is 79.9. The van der Waals surface area contributed by atoms with Gasteiger partial charge in [-0.3, -0.25) is 0 Å². The molecule has 0 atom stereocenters. The predicted molar refractivity (Wildman–Crippen MR) is 61.6 cm³/mol. The first-order valence-corrected chi connectivity index (χ1v) is 5.62. The molecule has 1 aliphatic carbocycles. The van der Waals surface area contributed by atoms with E-state index in [0.717, 1.165) is 12.8 Å². The van der Waals surface area contributed by atoms with E-state index < -0.39 is 5.97 Å². The minimum Gasteiger partial charge on any atom is -0.477 e. The lowest BCUT2D eigenvalue weighted by Crippen LogP contribution is -2.47. The van der Waals surface area contributed by atoms with E-state index in [4.69, 9.17) is 16.2 Å². The zero-order valence-corrected chi connectivity index (χ0v) is 9.99. The average Bonchev–Trinajstić information content (AvgIpc) is 3.03. The van der Waals surface area contributed by atoms with Crippen LogP contribution < -0.4 is 10.3 Å². The molecular weight excluding hydrogens is 274 g/mol. The Kier molecular flexibility index (Phi) is 2.67. The monoisotopic (exact) mass is 284 g/mol. The fourth-order valence-electron chi connectivity index (χ4n) is 1.50. The Balaban J connectivity index is 2.51. The van der Waals surface area contributed by atoms with E-state index in [2.05, 4.69) is 15.9 Å². The molecular formula is C10H11BrN3O2+. The number of pyridine rings is 1. The van der Waals surface area contributed by atoms with Crippen LogP contribution in [0.4, 0.5) is 5.82 Å². The van der Waals surface area contributed by atoms with E-state index in [1.54, 1.807) is 6.20 Å². The third-order valence-electron chi connectivity index (χ3n) is 2.52. The Bertz CT molecular complexity index is 483. The molecule has 1 aliphatic rings. The number of nitrogens with two attached hydrogens (primary N) is 1. The van der Waals surface area contributed by atoms with Gasteiger partial charge in [0.25, 0.3) is 0 Å². The zero-order valence-electron chi connectivity index (χ0n) is 8.40. The molecule has 0 spiro atoms. The zero-order chi connectivity index (χ0) is 11.9. The quantitative estimate of drug-likeness (QED) is 0.434. The first-order valence-electron chi connectivity index (χ1n) is 4.83. The number of nitrogens with one attached hydrogen (secondary N) is 1. The Morgan fingerprint density at radius 3 is 2.75 bits per heavy atom. The van der Waals surface area contributed by atoms with Gasteiger partial charge in [0.2, 0.25) is 11.7 Å². The highest BCUT2D eigenvalue weighted by molar-refractivity contribution is 9.10. The van der Waals surface area contributed by atoms with Gasteiger partial charge in [-0.25, -0.2) is 9.36 Å². The van der Waals surface area contributed by atoms with Crippen molar-refractivity contribution < 1.29 is 14.5 Å². The summed E-state index contributed by atoms with van der Waals surface area (Å²) < 4.78 is 2.04. The number of halogens is 1. The molecule has 0 amide bonds. The number of hydrogen-bond acceptors (Lipinski definition) is 3. The molecule has 5 nitrogen and oxygen atoms in total. The Morgan fingerprint density at radius 1 is 1.62 bits per heavy atom. The molecule has 1 fully saturated rings. The van der Waals surface area contributed by atoms with E-state index in [-0.39, 0.29) is 17.3 Å². The van der Waals surface area contributed by atoms with E-state index in [0.29, 0.717) is 10.3 Å². The molecule has 1 saturated carbocycles. The molecule has 0 aliphatic heterocycles.